The molecule has 0 aliphatic carbocycles. The third-order valence-corrected chi connectivity index (χ3v) is 17.4. The van der Waals surface area contributed by atoms with Gasteiger partial charge in [0.15, 0.2) is 0 Å². The summed E-state index contributed by atoms with van der Waals surface area (Å²) in [7, 11) is 0. The zero-order valence-corrected chi connectivity index (χ0v) is 55.9. The number of aliphatic hydroxyl groups is 2. The second-order valence-electron chi connectivity index (χ2n) is 25.6. The molecule has 6 nitrogen and oxygen atoms in total. The number of carbonyl (C=O) groups excluding carboxylic acids is 2. The van der Waals surface area contributed by atoms with E-state index >= 15 is 0 Å². The minimum atomic E-state index is -0.661. The fourth-order valence-corrected chi connectivity index (χ4v) is 11.6. The van der Waals surface area contributed by atoms with Crippen molar-refractivity contribution in [1.29, 1.82) is 0 Å². The molecule has 0 aromatic carbocycles. The van der Waals surface area contributed by atoms with Gasteiger partial charge in [-0.05, 0) is 89.9 Å². The Hall–Kier alpha value is -2.18. The number of amides is 1. The SMILES string of the molecule is CCCCC/C=C\C/C=C\CCCCCCCCCC(=O)OCCCCCCCCCCCCCCC/C=C\C/C=C\CCCCCCCCCCCCCCCCCCCC(=O)NC(CO)C(O)CCCCCCCCCCCCCC. The minimum absolute atomic E-state index is 0.0112. The van der Waals surface area contributed by atoms with E-state index in [9.17, 15) is 19.8 Å². The number of carbonyl (C=O) groups is 2. The van der Waals surface area contributed by atoms with E-state index in [1.54, 1.807) is 0 Å². The summed E-state index contributed by atoms with van der Waals surface area (Å²) in [6, 6.07) is -0.539. The lowest BCUT2D eigenvalue weighted by atomic mass is 10.0. The number of allylic oxidation sites excluding steroid dienone is 8. The van der Waals surface area contributed by atoms with Gasteiger partial charge >= 0.3 is 5.97 Å². The summed E-state index contributed by atoms with van der Waals surface area (Å²) in [5, 5.41) is 23.3. The van der Waals surface area contributed by atoms with E-state index in [0.717, 1.165) is 57.8 Å². The van der Waals surface area contributed by atoms with Crippen LogP contribution in [-0.4, -0.2) is 47.4 Å². The van der Waals surface area contributed by atoms with Crippen LogP contribution in [-0.2, 0) is 14.3 Å². The van der Waals surface area contributed by atoms with Crippen molar-refractivity contribution in [1.82, 2.24) is 5.32 Å². The first-order valence-electron chi connectivity index (χ1n) is 37.4. The van der Waals surface area contributed by atoms with Crippen LogP contribution in [0.15, 0.2) is 48.6 Å². The number of hydrogen-bond donors (Lipinski definition) is 3. The van der Waals surface area contributed by atoms with Crippen LogP contribution in [0, 0.1) is 0 Å². The van der Waals surface area contributed by atoms with Gasteiger partial charge in [0.2, 0.25) is 5.91 Å². The lowest BCUT2D eigenvalue weighted by Gasteiger charge is -2.22. The van der Waals surface area contributed by atoms with Crippen molar-refractivity contribution in [3.05, 3.63) is 48.6 Å². The highest BCUT2D eigenvalue weighted by Crippen LogP contribution is 2.19. The molecule has 0 aromatic heterocycles. The van der Waals surface area contributed by atoms with E-state index in [-0.39, 0.29) is 18.5 Å². The Morgan fingerprint density at radius 3 is 0.940 bits per heavy atom. The van der Waals surface area contributed by atoms with E-state index in [0.29, 0.717) is 25.9 Å². The van der Waals surface area contributed by atoms with Crippen molar-refractivity contribution in [2.24, 2.45) is 0 Å². The molecule has 6 heteroatoms. The van der Waals surface area contributed by atoms with Crippen LogP contribution in [0.2, 0.25) is 0 Å². The molecule has 2 unspecified atom stereocenters. The molecule has 0 radical (unpaired) electrons. The summed E-state index contributed by atoms with van der Waals surface area (Å²) < 4.78 is 5.50. The van der Waals surface area contributed by atoms with E-state index in [1.165, 1.54) is 315 Å². The zero-order valence-electron chi connectivity index (χ0n) is 55.9. The third-order valence-electron chi connectivity index (χ3n) is 17.4. The molecule has 2 atom stereocenters. The highest BCUT2D eigenvalue weighted by atomic mass is 16.5. The Kier molecular flexibility index (Phi) is 70.4. The second-order valence-corrected chi connectivity index (χ2v) is 25.6. The Labute approximate surface area is 518 Å². The fraction of sp³-hybridized carbons (Fsp3) is 0.870. The van der Waals surface area contributed by atoms with Crippen LogP contribution in [0.1, 0.15) is 406 Å². The van der Waals surface area contributed by atoms with Crippen LogP contribution in [0.5, 0.6) is 0 Å². The first-order valence-corrected chi connectivity index (χ1v) is 37.4. The normalized spacial score (nSPS) is 12.8. The molecular weight excluding hydrogens is 1020 g/mol. The fourth-order valence-electron chi connectivity index (χ4n) is 11.6. The van der Waals surface area contributed by atoms with E-state index in [2.05, 4.69) is 67.8 Å². The summed E-state index contributed by atoms with van der Waals surface area (Å²) in [5.41, 5.74) is 0. The summed E-state index contributed by atoms with van der Waals surface area (Å²) in [6.45, 7) is 4.95. The van der Waals surface area contributed by atoms with Crippen molar-refractivity contribution in [3.63, 3.8) is 0 Å². The number of aliphatic hydroxyl groups excluding tert-OH is 2. The molecule has 3 N–H and O–H groups in total. The molecule has 488 valence electrons. The maximum Gasteiger partial charge on any atom is 0.305 e. The van der Waals surface area contributed by atoms with E-state index in [1.807, 2.05) is 0 Å². The van der Waals surface area contributed by atoms with Crippen LogP contribution >= 0.6 is 0 Å². The maximum absolute atomic E-state index is 12.5. The molecule has 0 rings (SSSR count). The zero-order chi connectivity index (χ0) is 59.9. The Bertz CT molecular complexity index is 1390. The monoisotopic (exact) mass is 1160 g/mol. The van der Waals surface area contributed by atoms with Crippen molar-refractivity contribution in [2.75, 3.05) is 13.2 Å². The Morgan fingerprint density at radius 2 is 0.602 bits per heavy atom. The van der Waals surface area contributed by atoms with Gasteiger partial charge in [-0.1, -0.05) is 351 Å². The van der Waals surface area contributed by atoms with Gasteiger partial charge in [-0.15, -0.1) is 0 Å². The van der Waals surface area contributed by atoms with Gasteiger partial charge in [0.25, 0.3) is 0 Å². The van der Waals surface area contributed by atoms with Crippen molar-refractivity contribution in [3.8, 4) is 0 Å². The van der Waals surface area contributed by atoms with Crippen LogP contribution in [0.25, 0.3) is 0 Å². The largest absolute Gasteiger partial charge is 0.466 e. The molecule has 0 saturated carbocycles. The summed E-state index contributed by atoms with van der Waals surface area (Å²) in [5.74, 6) is -0.0199. The molecule has 0 spiro atoms. The average molecular weight is 1170 g/mol. The van der Waals surface area contributed by atoms with Gasteiger partial charge in [0.1, 0.15) is 0 Å². The minimum Gasteiger partial charge on any atom is -0.466 e. The maximum atomic E-state index is 12.5. The molecule has 83 heavy (non-hydrogen) atoms. The van der Waals surface area contributed by atoms with Crippen LogP contribution in [0.4, 0.5) is 0 Å². The highest BCUT2D eigenvalue weighted by molar-refractivity contribution is 5.76. The molecule has 0 aliphatic rings. The smallest absolute Gasteiger partial charge is 0.305 e. The van der Waals surface area contributed by atoms with Gasteiger partial charge in [0.05, 0.1) is 25.4 Å². The Morgan fingerprint density at radius 1 is 0.337 bits per heavy atom. The molecule has 1 amide bonds. The summed E-state index contributed by atoms with van der Waals surface area (Å²) >= 11 is 0. The van der Waals surface area contributed by atoms with E-state index in [4.69, 9.17) is 4.74 Å². The Balaban J connectivity index is 3.35. The average Bonchev–Trinajstić information content (AvgIpc) is 3.49. The molecule has 0 fully saturated rings. The first-order chi connectivity index (χ1) is 41.0. The molecule has 0 bridgehead atoms. The molecule has 0 heterocycles. The predicted octanol–water partition coefficient (Wildman–Crippen LogP) is 24.4. The highest BCUT2D eigenvalue weighted by Gasteiger charge is 2.20. The predicted molar refractivity (Wildman–Crippen MR) is 366 cm³/mol. The molecule has 0 aliphatic heterocycles. The lowest BCUT2D eigenvalue weighted by molar-refractivity contribution is -0.143. The van der Waals surface area contributed by atoms with Crippen LogP contribution in [0.3, 0.4) is 0 Å². The van der Waals surface area contributed by atoms with Gasteiger partial charge in [-0.3, -0.25) is 9.59 Å². The van der Waals surface area contributed by atoms with Crippen molar-refractivity contribution >= 4 is 11.9 Å². The number of ether oxygens (including phenoxy) is 1. The lowest BCUT2D eigenvalue weighted by Crippen LogP contribution is -2.45. The van der Waals surface area contributed by atoms with Crippen LogP contribution < -0.4 is 5.32 Å². The van der Waals surface area contributed by atoms with Crippen molar-refractivity contribution in [2.45, 2.75) is 418 Å². The van der Waals surface area contributed by atoms with Gasteiger partial charge in [-0.25, -0.2) is 0 Å². The number of rotatable bonds is 70. The van der Waals surface area contributed by atoms with Gasteiger partial charge < -0.3 is 20.3 Å². The molecule has 0 aromatic rings. The van der Waals surface area contributed by atoms with E-state index < -0.39 is 12.1 Å². The van der Waals surface area contributed by atoms with Crippen molar-refractivity contribution < 1.29 is 24.5 Å². The number of unbranched alkanes of at least 4 members (excludes halogenated alkanes) is 51. The van der Waals surface area contributed by atoms with Gasteiger partial charge in [-0.2, -0.15) is 0 Å². The summed E-state index contributed by atoms with van der Waals surface area (Å²) in [4.78, 5) is 24.6. The topological polar surface area (TPSA) is 95.9 Å². The van der Waals surface area contributed by atoms with Gasteiger partial charge in [0, 0.05) is 12.8 Å². The number of esters is 1. The molecule has 0 saturated heterocycles. The molecular formula is C77H145NO5. The number of hydrogen-bond acceptors (Lipinski definition) is 5. The summed E-state index contributed by atoms with van der Waals surface area (Å²) in [6.07, 6.45) is 94.8. The second kappa shape index (κ2) is 72.3. The quantitative estimate of drug-likeness (QED) is 0.0320. The first kappa shape index (κ1) is 80.8. The third kappa shape index (κ3) is 68.8. The number of nitrogens with one attached hydrogen (secondary N) is 1. The standard InChI is InChI=1S/C77H145NO5/c1-3-5-7-9-11-13-15-17-18-40-44-47-51-55-59-63-67-71-77(82)83-72-68-64-60-56-52-48-45-42-39-37-35-33-31-29-27-25-23-21-19-20-22-24-26-28-30-32-34-36-38-41-43-46-50-54-58-62-66-70-76(81)78-74(73-79)75(80)69-65-61-57-53-49-16-14-12-10-8-6-4-2/h11,13,17-19,21,25,27,74-75,79-80H,3-10,12,14-16,20,22-24,26,28-73H2,1-2H3,(H,78,81)/b13-11-,18-17-,21-19-,27-25-.